The minimum Gasteiger partial charge on any atom is -0.497 e. The van der Waals surface area contributed by atoms with Crippen molar-refractivity contribution >= 4 is 5.91 Å². The number of amides is 1. The van der Waals surface area contributed by atoms with Crippen molar-refractivity contribution in [3.05, 3.63) is 96.3 Å². The van der Waals surface area contributed by atoms with E-state index < -0.39 is 0 Å². The van der Waals surface area contributed by atoms with E-state index in [1.807, 2.05) is 84.9 Å². The van der Waals surface area contributed by atoms with Crippen LogP contribution >= 0.6 is 0 Å². The van der Waals surface area contributed by atoms with Crippen LogP contribution in [0.2, 0.25) is 0 Å². The van der Waals surface area contributed by atoms with Gasteiger partial charge in [-0.2, -0.15) is 0 Å². The number of nitrogens with zero attached hydrogens (tertiary/aromatic N) is 4. The Kier molecular flexibility index (Phi) is 5.57. The Balaban J connectivity index is 1.64. The molecule has 0 radical (unpaired) electrons. The van der Waals surface area contributed by atoms with Crippen LogP contribution in [0.25, 0.3) is 17.1 Å². The second kappa shape index (κ2) is 8.61. The maximum Gasteiger partial charge on any atom is 0.293 e. The number of hydrogen-bond acceptors (Lipinski definition) is 4. The third kappa shape index (κ3) is 4.07. The molecule has 0 spiro atoms. The summed E-state index contributed by atoms with van der Waals surface area (Å²) in [5.74, 6) is 1.33. The zero-order valence-electron chi connectivity index (χ0n) is 16.9. The van der Waals surface area contributed by atoms with Crippen molar-refractivity contribution in [3.8, 4) is 22.8 Å². The van der Waals surface area contributed by atoms with E-state index >= 15 is 0 Å². The molecule has 1 amide bonds. The molecule has 0 bridgehead atoms. The lowest BCUT2D eigenvalue weighted by atomic mass is 10.2. The van der Waals surface area contributed by atoms with Crippen molar-refractivity contribution in [1.29, 1.82) is 0 Å². The third-order valence-electron chi connectivity index (χ3n) is 4.76. The van der Waals surface area contributed by atoms with E-state index in [0.29, 0.717) is 12.4 Å². The molecule has 30 heavy (non-hydrogen) atoms. The summed E-state index contributed by atoms with van der Waals surface area (Å²) >= 11 is 0. The van der Waals surface area contributed by atoms with Crippen LogP contribution in [0.5, 0.6) is 5.75 Å². The molecule has 6 nitrogen and oxygen atoms in total. The maximum absolute atomic E-state index is 13.1. The Hall–Kier alpha value is -3.93. The van der Waals surface area contributed by atoms with Crippen molar-refractivity contribution in [3.63, 3.8) is 0 Å². The Morgan fingerprint density at radius 1 is 0.933 bits per heavy atom. The summed E-state index contributed by atoms with van der Waals surface area (Å²) in [7, 11) is 3.38. The zero-order chi connectivity index (χ0) is 20.9. The van der Waals surface area contributed by atoms with Crippen LogP contribution in [0, 0.1) is 0 Å². The van der Waals surface area contributed by atoms with Gasteiger partial charge in [-0.05, 0) is 29.8 Å². The van der Waals surface area contributed by atoms with Gasteiger partial charge in [0.1, 0.15) is 5.75 Å². The first kappa shape index (κ1) is 19.4. The van der Waals surface area contributed by atoms with Crippen LogP contribution in [0.1, 0.15) is 16.2 Å². The van der Waals surface area contributed by atoms with Gasteiger partial charge in [0.05, 0.1) is 12.8 Å². The van der Waals surface area contributed by atoms with Crippen LogP contribution in [0.4, 0.5) is 0 Å². The summed E-state index contributed by atoms with van der Waals surface area (Å²) < 4.78 is 6.90. The van der Waals surface area contributed by atoms with E-state index in [1.165, 1.54) is 0 Å². The van der Waals surface area contributed by atoms with Gasteiger partial charge >= 0.3 is 0 Å². The summed E-state index contributed by atoms with van der Waals surface area (Å²) in [6.07, 6.45) is 0. The molecule has 0 aliphatic carbocycles. The van der Waals surface area contributed by atoms with E-state index in [1.54, 1.807) is 23.7 Å². The minimum atomic E-state index is -0.238. The Morgan fingerprint density at radius 2 is 1.57 bits per heavy atom. The largest absolute Gasteiger partial charge is 0.497 e. The Labute approximate surface area is 175 Å². The number of ether oxygens (including phenoxy) is 1. The fourth-order valence-electron chi connectivity index (χ4n) is 3.17. The lowest BCUT2D eigenvalue weighted by molar-refractivity contribution is 0.0773. The molecular weight excluding hydrogens is 376 g/mol. The first-order chi connectivity index (χ1) is 14.7. The van der Waals surface area contributed by atoms with Crippen LogP contribution in [0.15, 0.2) is 84.9 Å². The van der Waals surface area contributed by atoms with E-state index in [0.717, 1.165) is 22.6 Å². The van der Waals surface area contributed by atoms with Crippen molar-refractivity contribution in [1.82, 2.24) is 19.7 Å². The second-order valence-electron chi connectivity index (χ2n) is 6.88. The summed E-state index contributed by atoms with van der Waals surface area (Å²) in [6.45, 7) is 0.448. The molecule has 6 heteroatoms. The number of benzene rings is 3. The predicted molar refractivity (Wildman–Crippen MR) is 116 cm³/mol. The molecule has 0 saturated heterocycles. The first-order valence-corrected chi connectivity index (χ1v) is 9.62. The van der Waals surface area contributed by atoms with Gasteiger partial charge in [0, 0.05) is 19.2 Å². The van der Waals surface area contributed by atoms with E-state index in [9.17, 15) is 4.79 Å². The average molecular weight is 398 g/mol. The fourth-order valence-corrected chi connectivity index (χ4v) is 3.17. The van der Waals surface area contributed by atoms with Gasteiger partial charge in [-0.3, -0.25) is 4.79 Å². The van der Waals surface area contributed by atoms with Gasteiger partial charge in [0.15, 0.2) is 5.82 Å². The van der Waals surface area contributed by atoms with Crippen LogP contribution < -0.4 is 4.74 Å². The molecule has 4 rings (SSSR count). The van der Waals surface area contributed by atoms with Crippen LogP contribution in [-0.4, -0.2) is 39.7 Å². The number of carbonyl (C=O) groups is 1. The summed E-state index contributed by atoms with van der Waals surface area (Å²) in [6, 6.07) is 27.1. The molecular formula is C24H22N4O2. The van der Waals surface area contributed by atoms with Crippen molar-refractivity contribution in [2.24, 2.45) is 0 Å². The maximum atomic E-state index is 13.1. The second-order valence-corrected chi connectivity index (χ2v) is 6.88. The topological polar surface area (TPSA) is 60.2 Å². The van der Waals surface area contributed by atoms with Gasteiger partial charge in [-0.25, -0.2) is 9.67 Å². The molecule has 3 aromatic carbocycles. The highest BCUT2D eigenvalue weighted by Gasteiger charge is 2.21. The molecule has 4 aromatic rings. The van der Waals surface area contributed by atoms with Crippen LogP contribution in [0.3, 0.4) is 0 Å². The highest BCUT2D eigenvalue weighted by atomic mass is 16.5. The van der Waals surface area contributed by atoms with Gasteiger partial charge < -0.3 is 9.64 Å². The molecule has 0 atom stereocenters. The normalized spacial score (nSPS) is 10.6. The number of rotatable bonds is 6. The van der Waals surface area contributed by atoms with Gasteiger partial charge in [0.2, 0.25) is 5.82 Å². The average Bonchev–Trinajstić information content (AvgIpc) is 3.26. The molecule has 0 aliphatic rings. The zero-order valence-corrected chi connectivity index (χ0v) is 16.9. The third-order valence-corrected chi connectivity index (χ3v) is 4.76. The number of hydrogen-bond donors (Lipinski definition) is 0. The molecule has 1 aromatic heterocycles. The lowest BCUT2D eigenvalue weighted by Crippen LogP contribution is -2.27. The van der Waals surface area contributed by atoms with Crippen molar-refractivity contribution in [2.45, 2.75) is 6.54 Å². The minimum absolute atomic E-state index is 0.161. The van der Waals surface area contributed by atoms with Gasteiger partial charge in [-0.15, -0.1) is 5.10 Å². The van der Waals surface area contributed by atoms with E-state index in [2.05, 4.69) is 10.1 Å². The molecule has 1 heterocycles. The SMILES string of the molecule is COc1ccc(CN(C)C(=O)c2nc(-c3ccccc3)n(-c3ccccc3)n2)cc1. The van der Waals surface area contributed by atoms with Crippen molar-refractivity contribution in [2.75, 3.05) is 14.2 Å². The number of methoxy groups -OCH3 is 1. The van der Waals surface area contributed by atoms with Crippen LogP contribution in [-0.2, 0) is 6.54 Å². The predicted octanol–water partition coefficient (Wildman–Crippen LogP) is 4.22. The summed E-state index contributed by atoms with van der Waals surface area (Å²) in [5, 5.41) is 4.54. The molecule has 0 N–H and O–H groups in total. The quantitative estimate of drug-likeness (QED) is 0.488. The molecule has 150 valence electrons. The fraction of sp³-hybridized carbons (Fsp3) is 0.125. The molecule has 0 saturated carbocycles. The molecule has 0 aliphatic heterocycles. The van der Waals surface area contributed by atoms with E-state index in [-0.39, 0.29) is 11.7 Å². The highest BCUT2D eigenvalue weighted by molar-refractivity contribution is 5.90. The lowest BCUT2D eigenvalue weighted by Gasteiger charge is -2.15. The molecule has 0 unspecified atom stereocenters. The highest BCUT2D eigenvalue weighted by Crippen LogP contribution is 2.22. The summed E-state index contributed by atoms with van der Waals surface area (Å²) in [4.78, 5) is 19.3. The molecule has 0 fully saturated rings. The monoisotopic (exact) mass is 398 g/mol. The number of aromatic nitrogens is 3. The smallest absolute Gasteiger partial charge is 0.293 e. The van der Waals surface area contributed by atoms with Gasteiger partial charge in [-0.1, -0.05) is 60.7 Å². The first-order valence-electron chi connectivity index (χ1n) is 9.62. The van der Waals surface area contributed by atoms with E-state index in [4.69, 9.17) is 4.74 Å². The van der Waals surface area contributed by atoms with Gasteiger partial charge in [0.25, 0.3) is 5.91 Å². The number of para-hydroxylation sites is 1. The Bertz CT molecular complexity index is 1070. The Morgan fingerprint density at radius 3 is 2.20 bits per heavy atom. The van der Waals surface area contributed by atoms with Crippen molar-refractivity contribution < 1.29 is 9.53 Å². The summed E-state index contributed by atoms with van der Waals surface area (Å²) in [5.41, 5.74) is 2.74. The number of carbonyl (C=O) groups excluding carboxylic acids is 1. The standard InChI is InChI=1S/C24H22N4O2/c1-27(17-18-13-15-21(30-2)16-14-18)24(29)22-25-23(19-9-5-3-6-10-19)28(26-22)20-11-7-4-8-12-20/h3-16H,17H2,1-2H3.